The van der Waals surface area contributed by atoms with Crippen LogP contribution in [0.1, 0.15) is 55.9 Å². The van der Waals surface area contributed by atoms with E-state index in [4.69, 9.17) is 4.74 Å². The molecule has 0 bridgehead atoms. The van der Waals surface area contributed by atoms with Crippen LogP contribution in [0.4, 0.5) is 0 Å². The SMILES string of the molecule is COc1cccc2[nH]c(C(=O)N[C@@H](CC3CC3)C(=O)NC(C)(C#N)C[C@@H]3CCCNC3=O)cc12. The van der Waals surface area contributed by atoms with Gasteiger partial charge in [0.25, 0.3) is 5.91 Å². The number of nitrogens with one attached hydrogen (secondary N) is 4. The van der Waals surface area contributed by atoms with Gasteiger partial charge < -0.3 is 25.7 Å². The highest BCUT2D eigenvalue weighted by Gasteiger charge is 2.37. The lowest BCUT2D eigenvalue weighted by molar-refractivity contribution is -0.129. The number of methoxy groups -OCH3 is 1. The summed E-state index contributed by atoms with van der Waals surface area (Å²) in [5, 5.41) is 19.1. The van der Waals surface area contributed by atoms with Gasteiger partial charge in [0.15, 0.2) is 0 Å². The molecular weight excluding hydrogens is 434 g/mol. The fourth-order valence-corrected chi connectivity index (χ4v) is 4.59. The third-order valence-corrected chi connectivity index (χ3v) is 6.68. The number of hydrogen-bond donors (Lipinski definition) is 4. The van der Waals surface area contributed by atoms with Gasteiger partial charge in [0.1, 0.15) is 23.0 Å². The van der Waals surface area contributed by atoms with Crippen LogP contribution in [-0.4, -0.2) is 47.9 Å². The molecule has 3 amide bonds. The van der Waals surface area contributed by atoms with Gasteiger partial charge in [-0.2, -0.15) is 5.26 Å². The minimum atomic E-state index is -1.21. The lowest BCUT2D eigenvalue weighted by Crippen LogP contribution is -2.55. The van der Waals surface area contributed by atoms with Gasteiger partial charge >= 0.3 is 0 Å². The summed E-state index contributed by atoms with van der Waals surface area (Å²) in [5.41, 5.74) is -0.122. The second-order valence-corrected chi connectivity index (χ2v) is 9.58. The molecule has 2 heterocycles. The standard InChI is InChI=1S/C25H31N5O4/c1-25(14-26,13-16-5-4-10-27-22(16)31)30-24(33)19(11-15-8-9-15)29-23(32)20-12-17-18(28-20)6-3-7-21(17)34-2/h3,6-7,12,15-16,19,28H,4-5,8-11,13H2,1-2H3,(H,27,31)(H,29,32)(H,30,33)/t16-,19-,25?/m0/s1. The molecule has 1 saturated heterocycles. The van der Waals surface area contributed by atoms with Crippen molar-refractivity contribution in [3.63, 3.8) is 0 Å². The molecule has 2 aromatic rings. The van der Waals surface area contributed by atoms with Gasteiger partial charge in [0.2, 0.25) is 11.8 Å². The van der Waals surface area contributed by atoms with E-state index in [0.717, 1.165) is 30.2 Å². The number of hydrogen-bond acceptors (Lipinski definition) is 5. The van der Waals surface area contributed by atoms with Crippen LogP contribution < -0.4 is 20.7 Å². The molecule has 4 rings (SSSR count). The zero-order valence-electron chi connectivity index (χ0n) is 19.6. The number of benzene rings is 1. The van der Waals surface area contributed by atoms with Gasteiger partial charge in [-0.05, 0) is 56.7 Å². The molecule has 9 heteroatoms. The molecule has 0 spiro atoms. The molecule has 4 N–H and O–H groups in total. The Kier molecular flexibility index (Phi) is 6.77. The summed E-state index contributed by atoms with van der Waals surface area (Å²) in [6.45, 7) is 2.27. The Hall–Kier alpha value is -3.54. The topological polar surface area (TPSA) is 136 Å². The number of H-pyrrole nitrogens is 1. The first-order valence-corrected chi connectivity index (χ1v) is 11.8. The summed E-state index contributed by atoms with van der Waals surface area (Å²) in [6, 6.07) is 8.60. The Morgan fingerprint density at radius 2 is 2.12 bits per heavy atom. The van der Waals surface area contributed by atoms with Crippen LogP contribution in [-0.2, 0) is 9.59 Å². The summed E-state index contributed by atoms with van der Waals surface area (Å²) in [4.78, 5) is 41.5. The maximum atomic E-state index is 13.2. The van der Waals surface area contributed by atoms with E-state index in [2.05, 4.69) is 27.0 Å². The van der Waals surface area contributed by atoms with Crippen LogP contribution in [0.15, 0.2) is 24.3 Å². The molecule has 180 valence electrons. The van der Waals surface area contributed by atoms with Crippen LogP contribution in [0.25, 0.3) is 10.9 Å². The molecule has 3 atom stereocenters. The highest BCUT2D eigenvalue weighted by atomic mass is 16.5. The highest BCUT2D eigenvalue weighted by molar-refractivity contribution is 6.01. The molecular formula is C25H31N5O4. The van der Waals surface area contributed by atoms with E-state index in [9.17, 15) is 19.6 Å². The van der Waals surface area contributed by atoms with E-state index >= 15 is 0 Å². The average molecular weight is 466 g/mol. The molecule has 1 aromatic heterocycles. The van der Waals surface area contributed by atoms with Gasteiger partial charge in [0.05, 0.1) is 13.2 Å². The van der Waals surface area contributed by atoms with Crippen molar-refractivity contribution in [2.24, 2.45) is 11.8 Å². The van der Waals surface area contributed by atoms with Crippen molar-refractivity contribution in [3.8, 4) is 11.8 Å². The number of fused-ring (bicyclic) bond motifs is 1. The second-order valence-electron chi connectivity index (χ2n) is 9.58. The van der Waals surface area contributed by atoms with Crippen molar-refractivity contribution in [1.82, 2.24) is 20.9 Å². The zero-order valence-corrected chi connectivity index (χ0v) is 19.6. The summed E-state index contributed by atoms with van der Waals surface area (Å²) < 4.78 is 5.36. The number of carbonyl (C=O) groups excluding carboxylic acids is 3. The summed E-state index contributed by atoms with van der Waals surface area (Å²) in [6.07, 6.45) is 4.30. The van der Waals surface area contributed by atoms with Crippen molar-refractivity contribution in [3.05, 3.63) is 30.0 Å². The molecule has 2 aliphatic rings. The Balaban J connectivity index is 1.47. The Labute approximate surface area is 198 Å². The van der Waals surface area contributed by atoms with Crippen molar-refractivity contribution in [2.75, 3.05) is 13.7 Å². The number of nitrogens with zero attached hydrogens (tertiary/aromatic N) is 1. The lowest BCUT2D eigenvalue weighted by atomic mass is 9.85. The van der Waals surface area contributed by atoms with Gasteiger partial charge in [0, 0.05) is 23.4 Å². The molecule has 0 radical (unpaired) electrons. The quantitative estimate of drug-likeness (QED) is 0.451. The van der Waals surface area contributed by atoms with E-state index in [1.807, 2.05) is 18.2 Å². The van der Waals surface area contributed by atoms with Gasteiger partial charge in [-0.1, -0.05) is 18.9 Å². The number of piperidine rings is 1. The largest absolute Gasteiger partial charge is 0.496 e. The van der Waals surface area contributed by atoms with Crippen LogP contribution >= 0.6 is 0 Å². The third kappa shape index (κ3) is 5.33. The zero-order chi connectivity index (χ0) is 24.3. The Morgan fingerprint density at radius 1 is 1.32 bits per heavy atom. The number of ether oxygens (including phenoxy) is 1. The predicted molar refractivity (Wildman–Crippen MR) is 126 cm³/mol. The van der Waals surface area contributed by atoms with E-state index in [-0.39, 0.29) is 18.2 Å². The minimum absolute atomic E-state index is 0.0842. The fraction of sp³-hybridized carbons (Fsp3) is 0.520. The fourth-order valence-electron chi connectivity index (χ4n) is 4.59. The molecule has 1 unspecified atom stereocenters. The first kappa shape index (κ1) is 23.6. The van der Waals surface area contributed by atoms with E-state index in [0.29, 0.717) is 36.7 Å². The molecule has 2 fully saturated rings. The summed E-state index contributed by atoms with van der Waals surface area (Å²) >= 11 is 0. The predicted octanol–water partition coefficient (Wildman–Crippen LogP) is 2.39. The lowest BCUT2D eigenvalue weighted by Gasteiger charge is -2.31. The van der Waals surface area contributed by atoms with E-state index in [1.165, 1.54) is 0 Å². The van der Waals surface area contributed by atoms with Crippen molar-refractivity contribution in [1.29, 1.82) is 5.26 Å². The second kappa shape index (κ2) is 9.75. The summed E-state index contributed by atoms with van der Waals surface area (Å²) in [5.74, 6) is -0.193. The Morgan fingerprint density at radius 3 is 2.79 bits per heavy atom. The Bertz CT molecular complexity index is 1130. The molecule has 1 aliphatic carbocycles. The number of carbonyl (C=O) groups is 3. The van der Waals surface area contributed by atoms with Crippen molar-refractivity contribution in [2.45, 2.75) is 57.0 Å². The van der Waals surface area contributed by atoms with Crippen LogP contribution in [0.5, 0.6) is 5.75 Å². The summed E-state index contributed by atoms with van der Waals surface area (Å²) in [7, 11) is 1.57. The smallest absolute Gasteiger partial charge is 0.268 e. The number of amides is 3. The average Bonchev–Trinajstić information content (AvgIpc) is 3.53. The maximum absolute atomic E-state index is 13.2. The van der Waals surface area contributed by atoms with Gasteiger partial charge in [-0.25, -0.2) is 0 Å². The minimum Gasteiger partial charge on any atom is -0.496 e. The first-order chi connectivity index (χ1) is 16.3. The third-order valence-electron chi connectivity index (χ3n) is 6.68. The van der Waals surface area contributed by atoms with Crippen LogP contribution in [0.3, 0.4) is 0 Å². The molecule has 1 aliphatic heterocycles. The van der Waals surface area contributed by atoms with E-state index in [1.54, 1.807) is 20.1 Å². The first-order valence-electron chi connectivity index (χ1n) is 11.8. The van der Waals surface area contributed by atoms with Gasteiger partial charge in [-0.15, -0.1) is 0 Å². The van der Waals surface area contributed by atoms with Crippen LogP contribution in [0.2, 0.25) is 0 Å². The number of nitriles is 1. The molecule has 9 nitrogen and oxygen atoms in total. The van der Waals surface area contributed by atoms with Crippen molar-refractivity contribution >= 4 is 28.6 Å². The maximum Gasteiger partial charge on any atom is 0.268 e. The molecule has 34 heavy (non-hydrogen) atoms. The molecule has 1 aromatic carbocycles. The van der Waals surface area contributed by atoms with E-state index < -0.39 is 23.4 Å². The molecule has 1 saturated carbocycles. The number of aromatic nitrogens is 1. The number of aromatic amines is 1. The van der Waals surface area contributed by atoms with Crippen LogP contribution in [0, 0.1) is 23.2 Å². The normalized spacial score (nSPS) is 20.5. The van der Waals surface area contributed by atoms with Gasteiger partial charge in [-0.3, -0.25) is 14.4 Å². The monoisotopic (exact) mass is 465 g/mol. The number of rotatable bonds is 9. The highest BCUT2D eigenvalue weighted by Crippen LogP contribution is 2.34. The van der Waals surface area contributed by atoms with Crippen molar-refractivity contribution < 1.29 is 19.1 Å².